The highest BCUT2D eigenvalue weighted by Crippen LogP contribution is 2.20. The van der Waals surface area contributed by atoms with Gasteiger partial charge in [-0.2, -0.15) is 0 Å². The third-order valence-electron chi connectivity index (χ3n) is 3.44. The van der Waals surface area contributed by atoms with E-state index in [1.54, 1.807) is 0 Å². The second kappa shape index (κ2) is 7.31. The number of carbonyl (C=O) groups is 2. The summed E-state index contributed by atoms with van der Waals surface area (Å²) >= 11 is 0. The van der Waals surface area contributed by atoms with Crippen molar-refractivity contribution in [1.82, 2.24) is 5.32 Å². The van der Waals surface area contributed by atoms with Crippen LogP contribution in [0.25, 0.3) is 0 Å². The lowest BCUT2D eigenvalue weighted by atomic mass is 10.2. The first-order chi connectivity index (χ1) is 10.5. The maximum Gasteiger partial charge on any atom is 0.249 e. The van der Waals surface area contributed by atoms with E-state index >= 15 is 0 Å². The zero-order valence-electron chi connectivity index (χ0n) is 12.3. The number of hydrogen-bond donors (Lipinski definition) is 1. The fourth-order valence-corrected chi connectivity index (χ4v) is 2.34. The van der Waals surface area contributed by atoms with Crippen LogP contribution in [-0.4, -0.2) is 37.6 Å². The van der Waals surface area contributed by atoms with Gasteiger partial charge in [0.2, 0.25) is 11.8 Å². The van der Waals surface area contributed by atoms with Crippen molar-refractivity contribution in [2.75, 3.05) is 24.6 Å². The Morgan fingerprint density at radius 3 is 2.77 bits per heavy atom. The predicted octanol–water partition coefficient (Wildman–Crippen LogP) is 1.61. The Bertz CT molecular complexity index is 560. The first-order valence-electron chi connectivity index (χ1n) is 7.11. The Hall–Kier alpha value is -2.02. The lowest BCUT2D eigenvalue weighted by molar-refractivity contribution is -0.130. The van der Waals surface area contributed by atoms with E-state index < -0.39 is 23.6 Å². The van der Waals surface area contributed by atoms with E-state index in [1.165, 1.54) is 13.0 Å². The number of hydrogen-bond acceptors (Lipinski definition) is 3. The highest BCUT2D eigenvalue weighted by Gasteiger charge is 2.23. The summed E-state index contributed by atoms with van der Waals surface area (Å²) in [6.07, 6.45) is 1.07. The van der Waals surface area contributed by atoms with Crippen LogP contribution in [0, 0.1) is 11.6 Å². The molecule has 1 aromatic carbocycles. The first kappa shape index (κ1) is 16.4. The Labute approximate surface area is 127 Å². The summed E-state index contributed by atoms with van der Waals surface area (Å²) in [6, 6.07) is 3.00. The third-order valence-corrected chi connectivity index (χ3v) is 3.44. The molecule has 0 spiro atoms. The normalized spacial score (nSPS) is 17.3. The molecule has 1 aliphatic heterocycles. The number of halogens is 2. The molecule has 0 saturated carbocycles. The highest BCUT2D eigenvalue weighted by molar-refractivity contribution is 5.91. The number of benzene rings is 1. The maximum absolute atomic E-state index is 13.8. The van der Waals surface area contributed by atoms with Gasteiger partial charge in [-0.1, -0.05) is 0 Å². The van der Waals surface area contributed by atoms with Gasteiger partial charge in [-0.05, 0) is 25.0 Å². The van der Waals surface area contributed by atoms with Crippen molar-refractivity contribution in [2.45, 2.75) is 25.9 Å². The van der Waals surface area contributed by atoms with Crippen LogP contribution < -0.4 is 10.2 Å². The largest absolute Gasteiger partial charge is 0.368 e. The number of anilines is 1. The second-order valence-electron chi connectivity index (χ2n) is 5.06. The maximum atomic E-state index is 13.8. The van der Waals surface area contributed by atoms with Gasteiger partial charge in [0.25, 0.3) is 0 Å². The molecule has 1 unspecified atom stereocenters. The van der Waals surface area contributed by atoms with Crippen LogP contribution in [0.2, 0.25) is 0 Å². The molecule has 1 atom stereocenters. The van der Waals surface area contributed by atoms with Gasteiger partial charge >= 0.3 is 0 Å². The minimum absolute atomic E-state index is 0.0136. The van der Waals surface area contributed by atoms with Gasteiger partial charge in [0.15, 0.2) is 0 Å². The topological polar surface area (TPSA) is 58.6 Å². The Kier molecular flexibility index (Phi) is 5.43. The van der Waals surface area contributed by atoms with Gasteiger partial charge in [-0.3, -0.25) is 9.59 Å². The fraction of sp³-hybridized carbons (Fsp3) is 0.467. The summed E-state index contributed by atoms with van der Waals surface area (Å²) in [7, 11) is 0. The van der Waals surface area contributed by atoms with E-state index in [2.05, 4.69) is 5.32 Å². The lowest BCUT2D eigenvalue weighted by Crippen LogP contribution is -2.41. The van der Waals surface area contributed by atoms with E-state index in [0.29, 0.717) is 13.0 Å². The highest BCUT2D eigenvalue weighted by atomic mass is 19.1. The van der Waals surface area contributed by atoms with Crippen molar-refractivity contribution in [3.8, 4) is 0 Å². The van der Waals surface area contributed by atoms with Crippen molar-refractivity contribution in [3.63, 3.8) is 0 Å². The molecule has 1 aliphatic rings. The monoisotopic (exact) mass is 312 g/mol. The van der Waals surface area contributed by atoms with Crippen LogP contribution in [0.1, 0.15) is 19.8 Å². The average Bonchev–Trinajstić information content (AvgIpc) is 2.98. The summed E-state index contributed by atoms with van der Waals surface area (Å²) in [5.41, 5.74) is -0.0136. The fourth-order valence-electron chi connectivity index (χ4n) is 2.34. The van der Waals surface area contributed by atoms with Crippen molar-refractivity contribution in [3.05, 3.63) is 29.8 Å². The summed E-state index contributed by atoms with van der Waals surface area (Å²) in [6.45, 7) is 2.11. The number of amides is 2. The van der Waals surface area contributed by atoms with E-state index in [-0.39, 0.29) is 24.7 Å². The summed E-state index contributed by atoms with van der Waals surface area (Å²) in [5, 5.41) is 2.66. The van der Waals surface area contributed by atoms with Crippen molar-refractivity contribution in [2.24, 2.45) is 0 Å². The third kappa shape index (κ3) is 4.00. The van der Waals surface area contributed by atoms with E-state index in [9.17, 15) is 18.4 Å². The molecule has 1 N–H and O–H groups in total. The average molecular weight is 312 g/mol. The molecule has 0 aliphatic carbocycles. The molecular formula is C15H18F2N2O3. The van der Waals surface area contributed by atoms with Gasteiger partial charge in [0, 0.05) is 32.7 Å². The van der Waals surface area contributed by atoms with Crippen molar-refractivity contribution in [1.29, 1.82) is 0 Å². The van der Waals surface area contributed by atoms with Crippen molar-refractivity contribution < 1.29 is 23.1 Å². The van der Waals surface area contributed by atoms with Gasteiger partial charge in [0.1, 0.15) is 17.7 Å². The van der Waals surface area contributed by atoms with Crippen LogP contribution in [-0.2, 0) is 14.3 Å². The van der Waals surface area contributed by atoms with Crippen molar-refractivity contribution >= 4 is 17.5 Å². The molecule has 120 valence electrons. The minimum atomic E-state index is -0.819. The van der Waals surface area contributed by atoms with Crippen LogP contribution in [0.3, 0.4) is 0 Å². The second-order valence-corrected chi connectivity index (χ2v) is 5.06. The SMILES string of the molecule is CC(=O)N(CCNC(=O)C1CCCO1)c1ccc(F)cc1F. The van der Waals surface area contributed by atoms with E-state index in [1.807, 2.05) is 0 Å². The number of ether oxygens (including phenoxy) is 1. The van der Waals surface area contributed by atoms with Gasteiger partial charge in [0.05, 0.1) is 5.69 Å². The Morgan fingerprint density at radius 1 is 1.41 bits per heavy atom. The zero-order valence-corrected chi connectivity index (χ0v) is 12.3. The summed E-state index contributed by atoms with van der Waals surface area (Å²) in [5.74, 6) is -2.16. The molecule has 2 amide bonds. The molecule has 5 nitrogen and oxygen atoms in total. The molecule has 1 fully saturated rings. The number of carbonyl (C=O) groups excluding carboxylic acids is 2. The van der Waals surface area contributed by atoms with Gasteiger partial charge in [-0.15, -0.1) is 0 Å². The number of nitrogens with one attached hydrogen (secondary N) is 1. The lowest BCUT2D eigenvalue weighted by Gasteiger charge is -2.22. The standard InChI is InChI=1S/C15H18F2N2O3/c1-10(20)19(13-5-4-11(16)9-12(13)17)7-6-18-15(21)14-3-2-8-22-14/h4-5,9,14H,2-3,6-8H2,1H3,(H,18,21). The Morgan fingerprint density at radius 2 is 2.18 bits per heavy atom. The van der Waals surface area contributed by atoms with Gasteiger partial charge in [-0.25, -0.2) is 8.78 Å². The molecule has 0 radical (unpaired) electrons. The predicted molar refractivity (Wildman–Crippen MR) is 76.4 cm³/mol. The molecule has 0 bridgehead atoms. The molecule has 7 heteroatoms. The van der Waals surface area contributed by atoms with Crippen LogP contribution in [0.15, 0.2) is 18.2 Å². The molecule has 1 aromatic rings. The molecule has 22 heavy (non-hydrogen) atoms. The summed E-state index contributed by atoms with van der Waals surface area (Å²) in [4.78, 5) is 24.6. The quantitative estimate of drug-likeness (QED) is 0.899. The molecule has 1 saturated heterocycles. The molecule has 0 aromatic heterocycles. The smallest absolute Gasteiger partial charge is 0.249 e. The minimum Gasteiger partial charge on any atom is -0.368 e. The first-order valence-corrected chi connectivity index (χ1v) is 7.11. The zero-order chi connectivity index (χ0) is 16.1. The van der Waals surface area contributed by atoms with E-state index in [4.69, 9.17) is 4.74 Å². The van der Waals surface area contributed by atoms with Crippen LogP contribution >= 0.6 is 0 Å². The number of nitrogens with zero attached hydrogens (tertiary/aromatic N) is 1. The van der Waals surface area contributed by atoms with Crippen LogP contribution in [0.5, 0.6) is 0 Å². The van der Waals surface area contributed by atoms with E-state index in [0.717, 1.165) is 23.5 Å². The molecule has 2 rings (SSSR count). The van der Waals surface area contributed by atoms with Gasteiger partial charge < -0.3 is 15.0 Å². The Balaban J connectivity index is 1.94. The number of rotatable bonds is 5. The molecule has 1 heterocycles. The van der Waals surface area contributed by atoms with Crippen LogP contribution in [0.4, 0.5) is 14.5 Å². The molecular weight excluding hydrogens is 294 g/mol. The summed E-state index contributed by atoms with van der Waals surface area (Å²) < 4.78 is 31.9.